The second-order valence-corrected chi connectivity index (χ2v) is 4.96. The molecule has 0 saturated carbocycles. The van der Waals surface area contributed by atoms with Crippen molar-refractivity contribution in [3.63, 3.8) is 0 Å². The lowest BCUT2D eigenvalue weighted by Crippen LogP contribution is -2.12. The first-order valence-electron chi connectivity index (χ1n) is 6.09. The average molecular weight is 301 g/mol. The number of hydrogen-bond acceptors (Lipinski definition) is 6. The van der Waals surface area contributed by atoms with Crippen LogP contribution < -0.4 is 5.32 Å². The van der Waals surface area contributed by atoms with Crippen LogP contribution in [0.2, 0.25) is 0 Å². The van der Waals surface area contributed by atoms with E-state index in [1.165, 1.54) is 6.26 Å². The topological polar surface area (TPSA) is 81.2 Å². The molecule has 6 nitrogen and oxygen atoms in total. The summed E-state index contributed by atoms with van der Waals surface area (Å²) in [5.41, 5.74) is 0.527. The molecule has 0 aliphatic carbocycles. The standard InChI is InChI=1S/C14H11N3O3S/c1-21-10-5-2-4-9(8-10)12(18)15-14-17-16-13(20-14)11-6-3-7-19-11/h2-8H,1H3,(H,15,17,18). The third-order valence-corrected chi connectivity index (χ3v) is 3.43. The van der Waals surface area contributed by atoms with Gasteiger partial charge in [-0.2, -0.15) is 0 Å². The maximum Gasteiger partial charge on any atom is 0.322 e. The van der Waals surface area contributed by atoms with Gasteiger partial charge in [0.2, 0.25) is 0 Å². The highest BCUT2D eigenvalue weighted by atomic mass is 32.2. The molecule has 106 valence electrons. The molecule has 7 heteroatoms. The van der Waals surface area contributed by atoms with Crippen molar-refractivity contribution >= 4 is 23.7 Å². The molecule has 0 fully saturated rings. The Morgan fingerprint density at radius 2 is 2.14 bits per heavy atom. The second kappa shape index (κ2) is 5.84. The summed E-state index contributed by atoms with van der Waals surface area (Å²) in [6.45, 7) is 0. The van der Waals surface area contributed by atoms with Crippen molar-refractivity contribution in [2.24, 2.45) is 0 Å². The Kier molecular flexibility index (Phi) is 3.74. The first-order chi connectivity index (χ1) is 10.3. The minimum absolute atomic E-state index is 0.0287. The van der Waals surface area contributed by atoms with Crippen molar-refractivity contribution in [1.82, 2.24) is 10.2 Å². The van der Waals surface area contributed by atoms with Gasteiger partial charge in [-0.05, 0) is 36.6 Å². The number of carbonyl (C=O) groups is 1. The SMILES string of the molecule is CSc1cccc(C(=O)Nc2nnc(-c3ccco3)o2)c1. The molecule has 3 rings (SSSR count). The molecule has 0 aliphatic rings. The van der Waals surface area contributed by atoms with Gasteiger partial charge >= 0.3 is 6.01 Å². The number of amides is 1. The fourth-order valence-electron chi connectivity index (χ4n) is 1.71. The predicted octanol–water partition coefficient (Wildman–Crippen LogP) is 3.30. The fourth-order valence-corrected chi connectivity index (χ4v) is 2.17. The van der Waals surface area contributed by atoms with E-state index in [1.807, 2.05) is 18.4 Å². The zero-order valence-electron chi connectivity index (χ0n) is 11.1. The smallest absolute Gasteiger partial charge is 0.322 e. The van der Waals surface area contributed by atoms with Crippen molar-refractivity contribution in [1.29, 1.82) is 0 Å². The second-order valence-electron chi connectivity index (χ2n) is 4.08. The van der Waals surface area contributed by atoms with Gasteiger partial charge in [0.05, 0.1) is 6.26 Å². The van der Waals surface area contributed by atoms with Crippen molar-refractivity contribution < 1.29 is 13.6 Å². The van der Waals surface area contributed by atoms with E-state index in [-0.39, 0.29) is 17.8 Å². The van der Waals surface area contributed by atoms with Crippen LogP contribution in [0.4, 0.5) is 6.01 Å². The largest absolute Gasteiger partial charge is 0.459 e. The summed E-state index contributed by atoms with van der Waals surface area (Å²) in [6.07, 6.45) is 3.45. The number of furan rings is 1. The normalized spacial score (nSPS) is 10.5. The highest BCUT2D eigenvalue weighted by Crippen LogP contribution is 2.21. The molecular weight excluding hydrogens is 290 g/mol. The Bertz CT molecular complexity index is 752. The number of benzene rings is 1. The van der Waals surface area contributed by atoms with Gasteiger partial charge in [0, 0.05) is 10.5 Å². The molecule has 0 saturated heterocycles. The number of rotatable bonds is 4. The zero-order valence-corrected chi connectivity index (χ0v) is 11.9. The lowest BCUT2D eigenvalue weighted by Gasteiger charge is -2.02. The van der Waals surface area contributed by atoms with Crippen LogP contribution in [-0.2, 0) is 0 Å². The first kappa shape index (κ1) is 13.4. The fraction of sp³-hybridized carbons (Fsp3) is 0.0714. The van der Waals surface area contributed by atoms with E-state index < -0.39 is 0 Å². The van der Waals surface area contributed by atoms with Crippen LogP contribution in [0.25, 0.3) is 11.7 Å². The van der Waals surface area contributed by atoms with Gasteiger partial charge < -0.3 is 8.83 Å². The van der Waals surface area contributed by atoms with Crippen LogP contribution in [0.1, 0.15) is 10.4 Å². The summed E-state index contributed by atoms with van der Waals surface area (Å²) >= 11 is 1.57. The van der Waals surface area contributed by atoms with E-state index in [9.17, 15) is 4.79 Å². The lowest BCUT2D eigenvalue weighted by atomic mass is 10.2. The Morgan fingerprint density at radius 1 is 1.24 bits per heavy atom. The summed E-state index contributed by atoms with van der Waals surface area (Å²) in [5.74, 6) is 0.362. The first-order valence-corrected chi connectivity index (χ1v) is 7.31. The molecule has 0 aliphatic heterocycles. The maximum absolute atomic E-state index is 12.1. The number of anilines is 1. The molecule has 0 radical (unpaired) electrons. The third kappa shape index (κ3) is 2.97. The third-order valence-electron chi connectivity index (χ3n) is 2.71. The van der Waals surface area contributed by atoms with E-state index >= 15 is 0 Å². The van der Waals surface area contributed by atoms with Gasteiger partial charge in [0.15, 0.2) is 5.76 Å². The van der Waals surface area contributed by atoms with Gasteiger partial charge in [-0.1, -0.05) is 11.2 Å². The molecule has 1 amide bonds. The molecular formula is C14H11N3O3S. The number of thioether (sulfide) groups is 1. The molecule has 2 heterocycles. The lowest BCUT2D eigenvalue weighted by molar-refractivity contribution is 0.102. The monoisotopic (exact) mass is 301 g/mol. The summed E-state index contributed by atoms with van der Waals surface area (Å²) in [7, 11) is 0. The number of aromatic nitrogens is 2. The molecule has 0 spiro atoms. The van der Waals surface area contributed by atoms with Crippen molar-refractivity contribution in [2.75, 3.05) is 11.6 Å². The zero-order chi connectivity index (χ0) is 14.7. The molecule has 0 bridgehead atoms. The van der Waals surface area contributed by atoms with E-state index in [0.29, 0.717) is 11.3 Å². The number of nitrogens with one attached hydrogen (secondary N) is 1. The molecule has 0 unspecified atom stereocenters. The Labute approximate surface area is 124 Å². The highest BCUT2D eigenvalue weighted by Gasteiger charge is 2.14. The highest BCUT2D eigenvalue weighted by molar-refractivity contribution is 7.98. The Morgan fingerprint density at radius 3 is 2.90 bits per heavy atom. The van der Waals surface area contributed by atoms with Crippen molar-refractivity contribution in [2.45, 2.75) is 4.90 Å². The molecule has 1 N–H and O–H groups in total. The van der Waals surface area contributed by atoms with Crippen LogP contribution in [-0.4, -0.2) is 22.4 Å². The van der Waals surface area contributed by atoms with E-state index in [1.54, 1.807) is 36.0 Å². The van der Waals surface area contributed by atoms with Crippen LogP contribution in [0.15, 0.2) is 56.4 Å². The van der Waals surface area contributed by atoms with E-state index in [0.717, 1.165) is 4.90 Å². The average Bonchev–Trinajstić information content (AvgIpc) is 3.18. The quantitative estimate of drug-likeness (QED) is 0.745. The Hall–Kier alpha value is -2.54. The van der Waals surface area contributed by atoms with Gasteiger partial charge in [-0.15, -0.1) is 16.9 Å². The maximum atomic E-state index is 12.1. The van der Waals surface area contributed by atoms with Gasteiger partial charge in [0.25, 0.3) is 11.8 Å². The minimum atomic E-state index is -0.305. The number of hydrogen-bond donors (Lipinski definition) is 1. The van der Waals surface area contributed by atoms with Crippen molar-refractivity contribution in [3.05, 3.63) is 48.2 Å². The number of carbonyl (C=O) groups excluding carboxylic acids is 1. The molecule has 21 heavy (non-hydrogen) atoms. The van der Waals surface area contributed by atoms with E-state index in [4.69, 9.17) is 8.83 Å². The van der Waals surface area contributed by atoms with Gasteiger partial charge in [-0.3, -0.25) is 10.1 Å². The molecule has 1 aromatic carbocycles. The number of nitrogens with zero attached hydrogens (tertiary/aromatic N) is 2. The predicted molar refractivity (Wildman–Crippen MR) is 78.2 cm³/mol. The summed E-state index contributed by atoms with van der Waals surface area (Å²) in [4.78, 5) is 13.1. The minimum Gasteiger partial charge on any atom is -0.459 e. The van der Waals surface area contributed by atoms with Crippen LogP contribution >= 0.6 is 11.8 Å². The van der Waals surface area contributed by atoms with Crippen LogP contribution in [0.5, 0.6) is 0 Å². The van der Waals surface area contributed by atoms with Crippen LogP contribution in [0, 0.1) is 0 Å². The Balaban J connectivity index is 1.75. The summed E-state index contributed by atoms with van der Waals surface area (Å²) < 4.78 is 10.5. The van der Waals surface area contributed by atoms with Crippen LogP contribution in [0.3, 0.4) is 0 Å². The molecule has 0 atom stereocenters. The summed E-state index contributed by atoms with van der Waals surface area (Å²) in [5, 5.41) is 10.1. The summed E-state index contributed by atoms with van der Waals surface area (Å²) in [6, 6.07) is 10.7. The molecule has 2 aromatic heterocycles. The molecule has 3 aromatic rings. The van der Waals surface area contributed by atoms with Gasteiger partial charge in [-0.25, -0.2) is 0 Å². The van der Waals surface area contributed by atoms with E-state index in [2.05, 4.69) is 15.5 Å². The van der Waals surface area contributed by atoms with Gasteiger partial charge in [0.1, 0.15) is 0 Å². The van der Waals surface area contributed by atoms with Crippen molar-refractivity contribution in [3.8, 4) is 11.7 Å².